The van der Waals surface area contributed by atoms with E-state index in [1.54, 1.807) is 17.0 Å². The fourth-order valence-corrected chi connectivity index (χ4v) is 2.74. The molecule has 130 valence electrons. The number of amidine groups is 1. The number of halogens is 1. The molecule has 0 fully saturated rings. The van der Waals surface area contributed by atoms with Crippen molar-refractivity contribution in [3.8, 4) is 0 Å². The van der Waals surface area contributed by atoms with E-state index in [0.717, 1.165) is 22.5 Å². The summed E-state index contributed by atoms with van der Waals surface area (Å²) in [4.78, 5) is 18.9. The minimum Gasteiger partial charge on any atom is -0.274 e. The highest BCUT2D eigenvalue weighted by molar-refractivity contribution is 6.31. The largest absolute Gasteiger partial charge is 0.274 e. The first-order valence-corrected chi connectivity index (χ1v) is 8.69. The molecule has 0 saturated heterocycles. The van der Waals surface area contributed by atoms with Crippen molar-refractivity contribution in [1.82, 2.24) is 0 Å². The summed E-state index contributed by atoms with van der Waals surface area (Å²) >= 11 is 6.03. The lowest BCUT2D eigenvalue weighted by atomic mass is 10.1. The maximum absolute atomic E-state index is 12.5. The van der Waals surface area contributed by atoms with Gasteiger partial charge in [-0.1, -0.05) is 47.5 Å². The van der Waals surface area contributed by atoms with Crippen molar-refractivity contribution in [3.63, 3.8) is 0 Å². The highest BCUT2D eigenvalue weighted by Crippen LogP contribution is 2.23. The monoisotopic (exact) mass is 362 g/mol. The van der Waals surface area contributed by atoms with Crippen LogP contribution in [0, 0.1) is 6.92 Å². The van der Waals surface area contributed by atoms with Crippen LogP contribution in [0.5, 0.6) is 0 Å². The summed E-state index contributed by atoms with van der Waals surface area (Å²) in [6, 6.07) is 24.7. The number of amides is 1. The Morgan fingerprint density at radius 3 is 2.08 bits per heavy atom. The Hall–Kier alpha value is -2.91. The second-order valence-electron chi connectivity index (χ2n) is 5.97. The number of aryl methyl sites for hydroxylation is 1. The molecule has 0 atom stereocenters. The molecule has 0 heterocycles. The average molecular weight is 363 g/mol. The molecule has 1 amide bonds. The summed E-state index contributed by atoms with van der Waals surface area (Å²) in [6.45, 7) is 3.55. The molecule has 0 saturated carbocycles. The number of hydrogen-bond acceptors (Lipinski definition) is 2. The average Bonchev–Trinajstić information content (AvgIpc) is 2.64. The topological polar surface area (TPSA) is 32.7 Å². The number of rotatable bonds is 3. The minimum absolute atomic E-state index is 0.113. The summed E-state index contributed by atoms with van der Waals surface area (Å²) in [5, 5.41) is 0.637. The molecule has 0 radical (unpaired) electrons. The van der Waals surface area contributed by atoms with E-state index < -0.39 is 0 Å². The van der Waals surface area contributed by atoms with Crippen molar-refractivity contribution in [2.45, 2.75) is 13.8 Å². The van der Waals surface area contributed by atoms with Gasteiger partial charge in [0.1, 0.15) is 5.84 Å². The molecule has 4 heteroatoms. The Bertz CT molecular complexity index is 917. The number of para-hydroxylation sites is 1. The molecule has 26 heavy (non-hydrogen) atoms. The first kappa shape index (κ1) is 17.9. The number of hydrogen-bond donors (Lipinski definition) is 0. The van der Waals surface area contributed by atoms with E-state index in [9.17, 15) is 4.79 Å². The summed E-state index contributed by atoms with van der Waals surface area (Å²) < 4.78 is 0. The van der Waals surface area contributed by atoms with Gasteiger partial charge < -0.3 is 0 Å². The maximum Gasteiger partial charge on any atom is 0.229 e. The van der Waals surface area contributed by atoms with Gasteiger partial charge in [-0.15, -0.1) is 0 Å². The van der Waals surface area contributed by atoms with Crippen LogP contribution in [0.15, 0.2) is 83.9 Å². The molecule has 3 nitrogen and oxygen atoms in total. The fourth-order valence-electron chi connectivity index (χ4n) is 2.61. The van der Waals surface area contributed by atoms with Gasteiger partial charge in [-0.2, -0.15) is 0 Å². The number of anilines is 1. The second kappa shape index (κ2) is 7.98. The van der Waals surface area contributed by atoms with Gasteiger partial charge in [0.25, 0.3) is 0 Å². The van der Waals surface area contributed by atoms with Crippen LogP contribution in [0.25, 0.3) is 0 Å². The Morgan fingerprint density at radius 2 is 1.50 bits per heavy atom. The quantitative estimate of drug-likeness (QED) is 0.429. The maximum atomic E-state index is 12.5. The Balaban J connectivity index is 2.16. The molecule has 0 aromatic heterocycles. The molecule has 3 aromatic rings. The van der Waals surface area contributed by atoms with Gasteiger partial charge in [-0.05, 0) is 55.5 Å². The van der Waals surface area contributed by atoms with Crippen LogP contribution >= 0.6 is 11.6 Å². The zero-order chi connectivity index (χ0) is 18.5. The zero-order valence-electron chi connectivity index (χ0n) is 14.7. The van der Waals surface area contributed by atoms with Crippen molar-refractivity contribution in [3.05, 3.63) is 95.0 Å². The standard InChI is InChI=1S/C22H19ClN2O/c1-16-8-14-21(15-9-16)25(17(2)26)22(18-10-12-19(23)13-11-18)24-20-6-4-3-5-7-20/h3-15H,1-2H3. The van der Waals surface area contributed by atoms with Gasteiger partial charge >= 0.3 is 0 Å². The van der Waals surface area contributed by atoms with Gasteiger partial charge in [0.05, 0.1) is 11.4 Å². The van der Waals surface area contributed by atoms with Crippen molar-refractivity contribution >= 4 is 34.7 Å². The highest BCUT2D eigenvalue weighted by atomic mass is 35.5. The van der Waals surface area contributed by atoms with Gasteiger partial charge in [0.15, 0.2) is 0 Å². The molecular weight excluding hydrogens is 344 g/mol. The van der Waals surface area contributed by atoms with E-state index in [1.807, 2.05) is 73.7 Å². The van der Waals surface area contributed by atoms with E-state index in [1.165, 1.54) is 6.92 Å². The molecule has 0 bridgehead atoms. The number of nitrogens with zero attached hydrogens (tertiary/aromatic N) is 2. The normalized spacial score (nSPS) is 11.3. The molecule has 3 aromatic carbocycles. The molecule has 0 N–H and O–H groups in total. The van der Waals surface area contributed by atoms with E-state index in [4.69, 9.17) is 16.6 Å². The van der Waals surface area contributed by atoms with Crippen LogP contribution < -0.4 is 4.90 Å². The van der Waals surface area contributed by atoms with Crippen molar-refractivity contribution in [2.75, 3.05) is 4.90 Å². The third kappa shape index (κ3) is 4.19. The lowest BCUT2D eigenvalue weighted by molar-refractivity contribution is -0.115. The lowest BCUT2D eigenvalue weighted by Gasteiger charge is -2.23. The number of carbonyl (C=O) groups is 1. The lowest BCUT2D eigenvalue weighted by Crippen LogP contribution is -2.35. The smallest absolute Gasteiger partial charge is 0.229 e. The zero-order valence-corrected chi connectivity index (χ0v) is 15.4. The van der Waals surface area contributed by atoms with Crippen LogP contribution in [0.1, 0.15) is 18.1 Å². The predicted octanol–water partition coefficient (Wildman–Crippen LogP) is 5.78. The molecule has 0 aliphatic rings. The molecular formula is C22H19ClN2O. The molecule has 3 rings (SSSR count). The number of aliphatic imine (C=N–C) groups is 1. The van der Waals surface area contributed by atoms with E-state index >= 15 is 0 Å². The summed E-state index contributed by atoms with van der Waals surface area (Å²) in [7, 11) is 0. The third-order valence-corrected chi connectivity index (χ3v) is 4.16. The number of benzene rings is 3. The Morgan fingerprint density at radius 1 is 0.885 bits per heavy atom. The minimum atomic E-state index is -0.113. The highest BCUT2D eigenvalue weighted by Gasteiger charge is 2.20. The first-order valence-electron chi connectivity index (χ1n) is 8.31. The van der Waals surface area contributed by atoms with Crippen LogP contribution in [-0.2, 0) is 4.79 Å². The Kier molecular flexibility index (Phi) is 5.49. The van der Waals surface area contributed by atoms with Crippen LogP contribution in [0.2, 0.25) is 5.02 Å². The van der Waals surface area contributed by atoms with E-state index in [0.29, 0.717) is 10.9 Å². The van der Waals surface area contributed by atoms with E-state index in [-0.39, 0.29) is 5.91 Å². The fraction of sp³-hybridized carbons (Fsp3) is 0.0909. The van der Waals surface area contributed by atoms with Crippen LogP contribution in [-0.4, -0.2) is 11.7 Å². The van der Waals surface area contributed by atoms with Crippen molar-refractivity contribution in [2.24, 2.45) is 4.99 Å². The second-order valence-corrected chi connectivity index (χ2v) is 6.40. The van der Waals surface area contributed by atoms with Crippen LogP contribution in [0.4, 0.5) is 11.4 Å². The number of carbonyl (C=O) groups excluding carboxylic acids is 1. The summed E-state index contributed by atoms with van der Waals surface area (Å²) in [6.07, 6.45) is 0. The molecule has 0 aliphatic heterocycles. The predicted molar refractivity (Wildman–Crippen MR) is 108 cm³/mol. The summed E-state index contributed by atoms with van der Waals surface area (Å²) in [5.41, 5.74) is 3.49. The van der Waals surface area contributed by atoms with Crippen molar-refractivity contribution < 1.29 is 4.79 Å². The van der Waals surface area contributed by atoms with Crippen molar-refractivity contribution in [1.29, 1.82) is 0 Å². The third-order valence-electron chi connectivity index (χ3n) is 3.91. The SMILES string of the molecule is CC(=O)N(C(=Nc1ccccc1)c1ccc(Cl)cc1)c1ccc(C)cc1. The van der Waals surface area contributed by atoms with Gasteiger partial charge in [-0.25, -0.2) is 4.99 Å². The molecule has 0 aliphatic carbocycles. The molecule has 0 spiro atoms. The molecule has 0 unspecified atom stereocenters. The van der Waals surface area contributed by atoms with Gasteiger partial charge in [0, 0.05) is 17.5 Å². The van der Waals surface area contributed by atoms with E-state index in [2.05, 4.69) is 0 Å². The first-order chi connectivity index (χ1) is 12.5. The Labute approximate surface area is 158 Å². The van der Waals surface area contributed by atoms with Gasteiger partial charge in [-0.3, -0.25) is 9.69 Å². The summed E-state index contributed by atoms with van der Waals surface area (Å²) in [5.74, 6) is 0.447. The van der Waals surface area contributed by atoms with Gasteiger partial charge in [0.2, 0.25) is 5.91 Å². The van der Waals surface area contributed by atoms with Crippen LogP contribution in [0.3, 0.4) is 0 Å².